The maximum atomic E-state index is 14.2. The third kappa shape index (κ3) is 4.15. The first-order valence-corrected chi connectivity index (χ1v) is 11.8. The van der Waals surface area contributed by atoms with Gasteiger partial charge >= 0.3 is 6.18 Å². The van der Waals surface area contributed by atoms with Crippen LogP contribution in [0.2, 0.25) is 0 Å². The van der Waals surface area contributed by atoms with E-state index < -0.39 is 34.5 Å². The second-order valence-corrected chi connectivity index (χ2v) is 8.60. The number of benzene rings is 2. The molecule has 0 fully saturated rings. The van der Waals surface area contributed by atoms with E-state index in [-0.39, 0.29) is 40.4 Å². The number of rotatable bonds is 6. The molecule has 6 aromatic rings. The van der Waals surface area contributed by atoms with E-state index >= 15 is 0 Å². The van der Waals surface area contributed by atoms with Crippen LogP contribution < -0.4 is 15.6 Å². The van der Waals surface area contributed by atoms with Crippen LogP contribution in [0.4, 0.5) is 13.2 Å². The molecule has 3 N–H and O–H groups in total. The summed E-state index contributed by atoms with van der Waals surface area (Å²) < 4.78 is 54.1. The smallest absolute Gasteiger partial charge is 0.435 e. The van der Waals surface area contributed by atoms with Crippen LogP contribution in [0.1, 0.15) is 21.9 Å². The molecule has 0 aliphatic carbocycles. The van der Waals surface area contributed by atoms with E-state index in [4.69, 9.17) is 9.15 Å². The van der Waals surface area contributed by atoms with Crippen LogP contribution in [-0.4, -0.2) is 42.8 Å². The minimum absolute atomic E-state index is 0.0328. The number of amides is 1. The van der Waals surface area contributed by atoms with Crippen LogP contribution in [0.3, 0.4) is 0 Å². The molecule has 0 unspecified atom stereocenters. The number of fused-ring (bicyclic) bond motifs is 2. The average Bonchev–Trinajstić information content (AvgIpc) is 3.70. The standard InChI is InChI=1S/C26H18F3N7O4/c1-39-15-8-5-9-16-19(15)33-24(40-16)18-20(23(37)30-12-14-10-11-31-34-14)32-22-17(13-6-3-2-4-7-13)21(26(27,28)29)35-36(22)25(18)38/h2-11,32H,12H2,1H3,(H,30,37)(H,31,34). The Morgan fingerprint density at radius 3 is 2.60 bits per heavy atom. The lowest BCUT2D eigenvalue weighted by Crippen LogP contribution is -2.29. The molecular weight excluding hydrogens is 531 g/mol. The fraction of sp³-hybridized carbons (Fsp3) is 0.115. The molecule has 0 spiro atoms. The van der Waals surface area contributed by atoms with E-state index in [9.17, 15) is 22.8 Å². The minimum atomic E-state index is -4.91. The van der Waals surface area contributed by atoms with Crippen molar-refractivity contribution in [1.82, 2.24) is 35.1 Å². The first-order chi connectivity index (χ1) is 19.3. The van der Waals surface area contributed by atoms with Gasteiger partial charge in [0, 0.05) is 6.20 Å². The molecule has 40 heavy (non-hydrogen) atoms. The Labute approximate surface area is 221 Å². The van der Waals surface area contributed by atoms with Crippen molar-refractivity contribution in [3.8, 4) is 28.3 Å². The Hall–Kier alpha value is -5.40. The Balaban J connectivity index is 1.64. The number of carbonyl (C=O) groups excluding carboxylic acids is 1. The van der Waals surface area contributed by atoms with Gasteiger partial charge in [0.15, 0.2) is 16.8 Å². The van der Waals surface area contributed by atoms with Crippen LogP contribution in [0.15, 0.2) is 70.0 Å². The zero-order chi connectivity index (χ0) is 28.0. The molecule has 0 saturated heterocycles. The van der Waals surface area contributed by atoms with Crippen LogP contribution in [0.25, 0.3) is 39.3 Å². The SMILES string of the molecule is COc1cccc2oc(-c3c(C(=O)NCc4cc[nH]n4)[nH]c4c(-c5ccccc5)c(C(F)(F)F)nn4c3=O)nc12. The number of hydrogen-bond acceptors (Lipinski definition) is 7. The maximum Gasteiger partial charge on any atom is 0.435 e. The van der Waals surface area contributed by atoms with E-state index in [2.05, 4.69) is 30.6 Å². The summed E-state index contributed by atoms with van der Waals surface area (Å²) in [6.45, 7) is -0.0328. The summed E-state index contributed by atoms with van der Waals surface area (Å²) in [4.78, 5) is 34.3. The highest BCUT2D eigenvalue weighted by Crippen LogP contribution is 2.39. The molecule has 4 heterocycles. The third-order valence-corrected chi connectivity index (χ3v) is 6.15. The summed E-state index contributed by atoms with van der Waals surface area (Å²) in [5, 5.41) is 12.8. The van der Waals surface area contributed by atoms with Gasteiger partial charge in [0.25, 0.3) is 11.5 Å². The molecule has 0 saturated carbocycles. The van der Waals surface area contributed by atoms with Gasteiger partial charge in [0.1, 0.15) is 22.7 Å². The molecule has 2 aromatic carbocycles. The predicted octanol–water partition coefficient (Wildman–Crippen LogP) is 4.18. The van der Waals surface area contributed by atoms with Gasteiger partial charge < -0.3 is 19.5 Å². The molecule has 1 amide bonds. The lowest BCUT2D eigenvalue weighted by atomic mass is 10.1. The van der Waals surface area contributed by atoms with Gasteiger partial charge in [0.05, 0.1) is 24.9 Å². The fourth-order valence-electron chi connectivity index (χ4n) is 4.36. The van der Waals surface area contributed by atoms with Gasteiger partial charge in [-0.25, -0.2) is 4.98 Å². The molecule has 0 aliphatic heterocycles. The van der Waals surface area contributed by atoms with Crippen molar-refractivity contribution < 1.29 is 27.1 Å². The number of H-pyrrole nitrogens is 2. The van der Waals surface area contributed by atoms with Crippen LogP contribution in [0.5, 0.6) is 5.75 Å². The number of aromatic nitrogens is 6. The van der Waals surface area contributed by atoms with Gasteiger partial charge in [-0.2, -0.15) is 27.9 Å². The summed E-state index contributed by atoms with van der Waals surface area (Å²) >= 11 is 0. The van der Waals surface area contributed by atoms with Crippen molar-refractivity contribution in [2.75, 3.05) is 7.11 Å². The first kappa shape index (κ1) is 24.9. The Bertz CT molecular complexity index is 1920. The van der Waals surface area contributed by atoms with Gasteiger partial charge in [0.2, 0.25) is 5.89 Å². The molecular formula is C26H18F3N7O4. The van der Waals surface area contributed by atoms with Crippen molar-refractivity contribution in [2.45, 2.75) is 12.7 Å². The minimum Gasteiger partial charge on any atom is -0.494 e. The van der Waals surface area contributed by atoms with Crippen LogP contribution in [0, 0.1) is 0 Å². The van der Waals surface area contributed by atoms with Crippen molar-refractivity contribution in [2.24, 2.45) is 0 Å². The second-order valence-electron chi connectivity index (χ2n) is 8.60. The molecule has 0 atom stereocenters. The van der Waals surface area contributed by atoms with Crippen LogP contribution >= 0.6 is 0 Å². The maximum absolute atomic E-state index is 14.2. The molecule has 0 aliphatic rings. The number of alkyl halides is 3. The summed E-state index contributed by atoms with van der Waals surface area (Å²) in [7, 11) is 1.42. The molecule has 0 bridgehead atoms. The zero-order valence-electron chi connectivity index (χ0n) is 20.5. The summed E-state index contributed by atoms with van der Waals surface area (Å²) in [5.41, 5.74) is -2.74. The Morgan fingerprint density at radius 2 is 1.90 bits per heavy atom. The quantitative estimate of drug-likeness (QED) is 0.283. The van der Waals surface area contributed by atoms with E-state index in [1.807, 2.05) is 0 Å². The first-order valence-electron chi connectivity index (χ1n) is 11.8. The number of oxazole rings is 1. The number of para-hydroxylation sites is 1. The molecule has 4 aromatic heterocycles. The average molecular weight is 549 g/mol. The molecule has 14 heteroatoms. The number of aromatic amines is 2. The van der Waals surface area contributed by atoms with Gasteiger partial charge in [-0.05, 0) is 23.8 Å². The van der Waals surface area contributed by atoms with Crippen molar-refractivity contribution in [3.05, 3.63) is 88.2 Å². The lowest BCUT2D eigenvalue weighted by Gasteiger charge is -2.10. The van der Waals surface area contributed by atoms with E-state index in [1.54, 1.807) is 48.7 Å². The molecule has 6 rings (SSSR count). The number of nitrogens with one attached hydrogen (secondary N) is 3. The highest BCUT2D eigenvalue weighted by Gasteiger charge is 2.40. The topological polar surface area (TPSA) is 143 Å². The third-order valence-electron chi connectivity index (χ3n) is 6.15. The van der Waals surface area contributed by atoms with E-state index in [0.29, 0.717) is 16.0 Å². The fourth-order valence-corrected chi connectivity index (χ4v) is 4.36. The number of nitrogens with zero attached hydrogens (tertiary/aromatic N) is 4. The highest BCUT2D eigenvalue weighted by atomic mass is 19.4. The number of carbonyl (C=O) groups is 1. The van der Waals surface area contributed by atoms with Gasteiger partial charge in [-0.15, -0.1) is 0 Å². The number of halogens is 3. The van der Waals surface area contributed by atoms with E-state index in [0.717, 1.165) is 0 Å². The number of methoxy groups -OCH3 is 1. The molecule has 11 nitrogen and oxygen atoms in total. The lowest BCUT2D eigenvalue weighted by molar-refractivity contribution is -0.140. The van der Waals surface area contributed by atoms with Gasteiger partial charge in [-0.1, -0.05) is 36.4 Å². The summed E-state index contributed by atoms with van der Waals surface area (Å²) in [6.07, 6.45) is -3.35. The Morgan fingerprint density at radius 1 is 1.10 bits per heavy atom. The highest BCUT2D eigenvalue weighted by molar-refractivity contribution is 5.99. The largest absolute Gasteiger partial charge is 0.494 e. The van der Waals surface area contributed by atoms with Gasteiger partial charge in [-0.3, -0.25) is 14.7 Å². The van der Waals surface area contributed by atoms with Crippen molar-refractivity contribution >= 4 is 22.7 Å². The van der Waals surface area contributed by atoms with Crippen molar-refractivity contribution in [1.29, 1.82) is 0 Å². The number of hydrogen-bond donors (Lipinski definition) is 3. The van der Waals surface area contributed by atoms with E-state index in [1.165, 1.54) is 19.2 Å². The zero-order valence-corrected chi connectivity index (χ0v) is 20.5. The Kier molecular flexibility index (Phi) is 5.86. The summed E-state index contributed by atoms with van der Waals surface area (Å²) in [5.74, 6) is -0.780. The van der Waals surface area contributed by atoms with Crippen LogP contribution in [-0.2, 0) is 12.7 Å². The molecule has 0 radical (unpaired) electrons. The normalized spacial score (nSPS) is 11.8. The second kappa shape index (κ2) is 9.41. The summed E-state index contributed by atoms with van der Waals surface area (Å²) in [6, 6.07) is 14.1. The predicted molar refractivity (Wildman–Crippen MR) is 136 cm³/mol. The van der Waals surface area contributed by atoms with Crippen molar-refractivity contribution in [3.63, 3.8) is 0 Å². The number of ether oxygens (including phenoxy) is 1. The monoisotopic (exact) mass is 549 g/mol. The molecule has 202 valence electrons.